The number of carboxylic acids is 1. The van der Waals surface area contributed by atoms with Crippen LogP contribution in [-0.2, 0) is 21.4 Å². The van der Waals surface area contributed by atoms with Gasteiger partial charge in [0.2, 0.25) is 10.0 Å². The van der Waals surface area contributed by atoms with Crippen LogP contribution in [-0.4, -0.2) is 35.3 Å². The SMILES string of the molecule is O=C(O)CN(Cc1ccc([N+](=O)[O-])cc1)S(=O)(=O)c1ccc(I)cc1. The average molecular weight is 476 g/mol. The van der Waals surface area contributed by atoms with Crippen LogP contribution >= 0.6 is 22.6 Å². The van der Waals surface area contributed by atoms with Gasteiger partial charge in [0, 0.05) is 22.2 Å². The molecule has 1 N–H and O–H groups in total. The van der Waals surface area contributed by atoms with E-state index in [1.54, 1.807) is 12.1 Å². The molecule has 0 aliphatic rings. The zero-order valence-corrected chi connectivity index (χ0v) is 15.7. The molecule has 0 atom stereocenters. The van der Waals surface area contributed by atoms with Gasteiger partial charge in [-0.1, -0.05) is 12.1 Å². The Balaban J connectivity index is 2.33. The quantitative estimate of drug-likeness (QED) is 0.373. The van der Waals surface area contributed by atoms with Gasteiger partial charge in [0.1, 0.15) is 6.54 Å². The molecule has 0 aliphatic heterocycles. The van der Waals surface area contributed by atoms with Gasteiger partial charge in [0.05, 0.1) is 9.82 Å². The molecule has 2 aromatic carbocycles. The van der Waals surface area contributed by atoms with E-state index in [0.717, 1.165) is 7.88 Å². The predicted octanol–water partition coefficient (Wildman–Crippen LogP) is 2.47. The van der Waals surface area contributed by atoms with E-state index >= 15 is 0 Å². The van der Waals surface area contributed by atoms with Gasteiger partial charge in [-0.15, -0.1) is 0 Å². The van der Waals surface area contributed by atoms with Crippen LogP contribution in [0.2, 0.25) is 0 Å². The molecule has 0 saturated heterocycles. The lowest BCUT2D eigenvalue weighted by Crippen LogP contribution is -2.35. The van der Waals surface area contributed by atoms with Gasteiger partial charge in [-0.2, -0.15) is 4.31 Å². The lowest BCUT2D eigenvalue weighted by atomic mass is 10.2. The Bertz CT molecular complexity index is 881. The van der Waals surface area contributed by atoms with E-state index in [1.807, 2.05) is 22.6 Å². The third-order valence-electron chi connectivity index (χ3n) is 3.27. The Morgan fingerprint density at radius 3 is 2.16 bits per heavy atom. The Labute approximate surface area is 157 Å². The number of hydrogen-bond acceptors (Lipinski definition) is 5. The van der Waals surface area contributed by atoms with Crippen molar-refractivity contribution < 1.29 is 23.2 Å². The molecule has 2 aromatic rings. The molecule has 0 heterocycles. The molecule has 10 heteroatoms. The van der Waals surface area contributed by atoms with Crippen molar-refractivity contribution in [2.24, 2.45) is 0 Å². The summed E-state index contributed by atoms with van der Waals surface area (Å²) >= 11 is 2.03. The van der Waals surface area contributed by atoms with Gasteiger partial charge < -0.3 is 5.11 Å². The highest BCUT2D eigenvalue weighted by atomic mass is 127. The normalized spacial score (nSPS) is 11.4. The van der Waals surface area contributed by atoms with Crippen LogP contribution in [0.4, 0.5) is 5.69 Å². The van der Waals surface area contributed by atoms with Gasteiger partial charge in [0.15, 0.2) is 0 Å². The summed E-state index contributed by atoms with van der Waals surface area (Å²) in [5.74, 6) is -1.30. The number of halogens is 1. The van der Waals surface area contributed by atoms with Crippen molar-refractivity contribution >= 4 is 44.3 Å². The van der Waals surface area contributed by atoms with Crippen molar-refractivity contribution in [1.82, 2.24) is 4.31 Å². The number of nitro benzene ring substituents is 1. The van der Waals surface area contributed by atoms with Crippen molar-refractivity contribution in [3.05, 3.63) is 67.8 Å². The predicted molar refractivity (Wildman–Crippen MR) is 97.5 cm³/mol. The molecule has 0 saturated carbocycles. The van der Waals surface area contributed by atoms with E-state index in [-0.39, 0.29) is 17.1 Å². The summed E-state index contributed by atoms with van der Waals surface area (Å²) in [5.41, 5.74) is 0.315. The zero-order chi connectivity index (χ0) is 18.6. The van der Waals surface area contributed by atoms with Crippen LogP contribution in [0.25, 0.3) is 0 Å². The monoisotopic (exact) mass is 476 g/mol. The average Bonchev–Trinajstić information content (AvgIpc) is 2.54. The second-order valence-electron chi connectivity index (χ2n) is 5.04. The number of carbonyl (C=O) groups is 1. The molecule has 0 aromatic heterocycles. The molecule has 0 aliphatic carbocycles. The third kappa shape index (κ3) is 4.96. The van der Waals surface area contributed by atoms with Crippen molar-refractivity contribution in [1.29, 1.82) is 0 Å². The number of sulfonamides is 1. The van der Waals surface area contributed by atoms with Crippen molar-refractivity contribution in [2.75, 3.05) is 6.54 Å². The smallest absolute Gasteiger partial charge is 0.318 e. The lowest BCUT2D eigenvalue weighted by molar-refractivity contribution is -0.384. The highest BCUT2D eigenvalue weighted by Crippen LogP contribution is 2.20. The number of benzene rings is 2. The Morgan fingerprint density at radius 1 is 1.12 bits per heavy atom. The van der Waals surface area contributed by atoms with Crippen LogP contribution in [0, 0.1) is 13.7 Å². The van der Waals surface area contributed by atoms with Crippen LogP contribution in [0.3, 0.4) is 0 Å². The zero-order valence-electron chi connectivity index (χ0n) is 12.7. The second-order valence-corrected chi connectivity index (χ2v) is 8.23. The minimum atomic E-state index is -4.02. The van der Waals surface area contributed by atoms with E-state index in [4.69, 9.17) is 5.11 Å². The van der Waals surface area contributed by atoms with E-state index in [2.05, 4.69) is 0 Å². The molecule has 0 spiro atoms. The van der Waals surface area contributed by atoms with Crippen LogP contribution < -0.4 is 0 Å². The summed E-state index contributed by atoms with van der Waals surface area (Å²) in [7, 11) is -4.02. The summed E-state index contributed by atoms with van der Waals surface area (Å²) in [6, 6.07) is 11.3. The molecule has 0 fully saturated rings. The van der Waals surface area contributed by atoms with E-state index in [1.165, 1.54) is 36.4 Å². The molecular weight excluding hydrogens is 463 g/mol. The highest BCUT2D eigenvalue weighted by molar-refractivity contribution is 14.1. The van der Waals surface area contributed by atoms with Crippen LogP contribution in [0.5, 0.6) is 0 Å². The Hall–Kier alpha value is -2.05. The van der Waals surface area contributed by atoms with Crippen molar-refractivity contribution in [3.8, 4) is 0 Å². The van der Waals surface area contributed by atoms with Crippen LogP contribution in [0.1, 0.15) is 5.56 Å². The first-order valence-electron chi connectivity index (χ1n) is 6.91. The number of rotatable bonds is 7. The summed E-state index contributed by atoms with van der Waals surface area (Å²) in [6.45, 7) is -0.927. The number of non-ortho nitro benzene ring substituents is 1. The molecule has 0 bridgehead atoms. The Kier molecular flexibility index (Phi) is 6.08. The van der Waals surface area contributed by atoms with Gasteiger partial charge in [-0.3, -0.25) is 14.9 Å². The largest absolute Gasteiger partial charge is 0.480 e. The van der Waals surface area contributed by atoms with E-state index in [9.17, 15) is 23.3 Å². The number of aliphatic carboxylic acids is 1. The summed E-state index contributed by atoms with van der Waals surface area (Å²) in [6.07, 6.45) is 0. The molecule has 0 radical (unpaired) electrons. The summed E-state index contributed by atoms with van der Waals surface area (Å²) in [4.78, 5) is 21.2. The topological polar surface area (TPSA) is 118 Å². The molecule has 8 nitrogen and oxygen atoms in total. The van der Waals surface area contributed by atoms with Crippen molar-refractivity contribution in [2.45, 2.75) is 11.4 Å². The fourth-order valence-electron chi connectivity index (χ4n) is 2.06. The highest BCUT2D eigenvalue weighted by Gasteiger charge is 2.27. The maximum absolute atomic E-state index is 12.7. The fraction of sp³-hybridized carbons (Fsp3) is 0.133. The first-order chi connectivity index (χ1) is 11.7. The number of hydrogen-bond donors (Lipinski definition) is 1. The molecule has 2 rings (SSSR count). The standard InChI is InChI=1S/C15H13IN2O6S/c16-12-3-7-14(8-4-12)25(23,24)17(10-15(19)20)9-11-1-5-13(6-2-11)18(21)22/h1-8H,9-10H2,(H,19,20). The van der Waals surface area contributed by atoms with Crippen molar-refractivity contribution in [3.63, 3.8) is 0 Å². The third-order valence-corrected chi connectivity index (χ3v) is 5.79. The second kappa shape index (κ2) is 7.89. The van der Waals surface area contributed by atoms with E-state index < -0.39 is 27.5 Å². The number of nitro groups is 1. The molecule has 0 unspecified atom stereocenters. The first kappa shape index (κ1) is 19.3. The molecule has 0 amide bonds. The minimum Gasteiger partial charge on any atom is -0.480 e. The van der Waals surface area contributed by atoms with Gasteiger partial charge in [0.25, 0.3) is 5.69 Å². The lowest BCUT2D eigenvalue weighted by Gasteiger charge is -2.20. The fourth-order valence-corrected chi connectivity index (χ4v) is 3.80. The first-order valence-corrected chi connectivity index (χ1v) is 9.43. The van der Waals surface area contributed by atoms with E-state index in [0.29, 0.717) is 5.56 Å². The maximum atomic E-state index is 12.7. The Morgan fingerprint density at radius 2 is 1.68 bits per heavy atom. The molecule has 25 heavy (non-hydrogen) atoms. The van der Waals surface area contributed by atoms with Gasteiger partial charge >= 0.3 is 5.97 Å². The summed E-state index contributed by atoms with van der Waals surface area (Å²) in [5, 5.41) is 19.7. The van der Waals surface area contributed by atoms with Crippen LogP contribution in [0.15, 0.2) is 53.4 Å². The maximum Gasteiger partial charge on any atom is 0.318 e. The minimum absolute atomic E-state index is 0.0175. The molecule has 132 valence electrons. The number of carboxylic acid groups (broad SMARTS) is 1. The number of nitrogens with zero attached hydrogens (tertiary/aromatic N) is 2. The molecular formula is C15H13IN2O6S. The summed E-state index contributed by atoms with van der Waals surface area (Å²) < 4.78 is 27.1. The van der Waals surface area contributed by atoms with Gasteiger partial charge in [-0.25, -0.2) is 8.42 Å². The van der Waals surface area contributed by atoms with Gasteiger partial charge in [-0.05, 0) is 52.4 Å².